The van der Waals surface area contributed by atoms with E-state index in [-0.39, 0.29) is 18.1 Å². The molecule has 2 aliphatic rings. The van der Waals surface area contributed by atoms with Crippen molar-refractivity contribution >= 4 is 16.9 Å². The molecule has 2 aliphatic carbocycles. The maximum Gasteiger partial charge on any atom is 0.251 e. The number of nitrogens with zero attached hydrogens (tertiary/aromatic N) is 1. The lowest BCUT2D eigenvalue weighted by molar-refractivity contribution is -0.0368. The first-order valence-electron chi connectivity index (χ1n) is 10.7. The highest BCUT2D eigenvalue weighted by Crippen LogP contribution is 2.36. The maximum absolute atomic E-state index is 12.7. The minimum absolute atomic E-state index is 0.0484. The second-order valence-electron chi connectivity index (χ2n) is 8.55. The third-order valence-corrected chi connectivity index (χ3v) is 6.22. The van der Waals surface area contributed by atoms with Gasteiger partial charge in [0.25, 0.3) is 5.91 Å². The number of pyridine rings is 1. The zero-order chi connectivity index (χ0) is 20.6. The molecule has 1 amide bonds. The smallest absolute Gasteiger partial charge is 0.251 e. The number of benzene rings is 1. The minimum Gasteiger partial charge on any atom is -0.464 e. The monoisotopic (exact) mass is 406 g/mol. The van der Waals surface area contributed by atoms with Crippen LogP contribution in [0.1, 0.15) is 48.9 Å². The Balaban J connectivity index is 1.17. The summed E-state index contributed by atoms with van der Waals surface area (Å²) >= 11 is 0. The second kappa shape index (κ2) is 7.85. The van der Waals surface area contributed by atoms with Crippen molar-refractivity contribution in [1.82, 2.24) is 10.3 Å². The van der Waals surface area contributed by atoms with Crippen molar-refractivity contribution in [2.45, 2.75) is 56.3 Å². The summed E-state index contributed by atoms with van der Waals surface area (Å²) in [4.78, 5) is 17.1. The lowest BCUT2D eigenvalue weighted by atomic mass is 9.92. The molecule has 0 saturated heterocycles. The average molecular weight is 406 g/mol. The van der Waals surface area contributed by atoms with E-state index in [4.69, 9.17) is 9.15 Å². The summed E-state index contributed by atoms with van der Waals surface area (Å²) < 4.78 is 11.3. The third kappa shape index (κ3) is 4.11. The number of aliphatic hydroxyl groups is 1. The molecule has 6 heteroatoms. The number of hydrogen-bond acceptors (Lipinski definition) is 5. The molecule has 156 valence electrons. The normalized spacial score (nSPS) is 22.7. The van der Waals surface area contributed by atoms with Crippen molar-refractivity contribution in [3.05, 3.63) is 54.4 Å². The van der Waals surface area contributed by atoms with Crippen LogP contribution in [0.4, 0.5) is 0 Å². The Bertz CT molecular complexity index is 1030. The van der Waals surface area contributed by atoms with E-state index >= 15 is 0 Å². The topological polar surface area (TPSA) is 84.6 Å². The van der Waals surface area contributed by atoms with Gasteiger partial charge in [-0.1, -0.05) is 12.1 Å². The lowest BCUT2D eigenvalue weighted by Gasteiger charge is -2.29. The SMILES string of the molecule is O=C(NC1CCC(OCC2(O)CC2)CC1)c1ccc(-c2nccc3occc23)cc1. The van der Waals surface area contributed by atoms with Gasteiger partial charge in [0, 0.05) is 28.8 Å². The molecule has 2 saturated carbocycles. The molecule has 0 spiro atoms. The molecule has 2 N–H and O–H groups in total. The summed E-state index contributed by atoms with van der Waals surface area (Å²) in [7, 11) is 0. The van der Waals surface area contributed by atoms with E-state index in [1.54, 1.807) is 12.5 Å². The van der Waals surface area contributed by atoms with Crippen LogP contribution in [-0.4, -0.2) is 40.4 Å². The van der Waals surface area contributed by atoms with Gasteiger partial charge < -0.3 is 19.6 Å². The van der Waals surface area contributed by atoms with E-state index in [9.17, 15) is 9.90 Å². The predicted octanol–water partition coefficient (Wildman–Crippen LogP) is 4.08. The number of rotatable bonds is 6. The molecule has 0 atom stereocenters. The fourth-order valence-corrected chi connectivity index (χ4v) is 4.11. The van der Waals surface area contributed by atoms with Gasteiger partial charge in [-0.15, -0.1) is 0 Å². The molecule has 0 aliphatic heterocycles. The molecule has 3 aromatic rings. The Hall–Kier alpha value is -2.70. The standard InChI is InChI=1S/C24H26N2O4/c27-23(26-18-5-7-19(8-6-18)30-15-24(28)11-12-24)17-3-1-16(2-4-17)22-20-10-14-29-21(20)9-13-25-22/h1-4,9-10,13-14,18-19,28H,5-8,11-12,15H2,(H,26,27). The fraction of sp³-hybridized carbons (Fsp3) is 0.417. The van der Waals surface area contributed by atoms with Gasteiger partial charge in [0.1, 0.15) is 5.58 Å². The van der Waals surface area contributed by atoms with Gasteiger partial charge in [0.05, 0.1) is 30.3 Å². The molecule has 6 nitrogen and oxygen atoms in total. The van der Waals surface area contributed by atoms with E-state index < -0.39 is 5.60 Å². The Morgan fingerprint density at radius 3 is 2.63 bits per heavy atom. The van der Waals surface area contributed by atoms with Gasteiger partial charge in [0.2, 0.25) is 0 Å². The fourth-order valence-electron chi connectivity index (χ4n) is 4.11. The number of amides is 1. The number of aromatic nitrogens is 1. The van der Waals surface area contributed by atoms with Crippen LogP contribution in [0.3, 0.4) is 0 Å². The number of carbonyl (C=O) groups excluding carboxylic acids is 1. The van der Waals surface area contributed by atoms with Crippen molar-refractivity contribution in [3.8, 4) is 11.3 Å². The molecule has 2 aromatic heterocycles. The van der Waals surface area contributed by atoms with E-state index in [1.807, 2.05) is 36.4 Å². The third-order valence-electron chi connectivity index (χ3n) is 6.22. The molecule has 5 rings (SSSR count). The maximum atomic E-state index is 12.7. The van der Waals surface area contributed by atoms with E-state index in [0.717, 1.165) is 60.8 Å². The summed E-state index contributed by atoms with van der Waals surface area (Å²) in [6.07, 6.45) is 8.92. The molecule has 2 heterocycles. The molecule has 30 heavy (non-hydrogen) atoms. The molecule has 0 unspecified atom stereocenters. The van der Waals surface area contributed by atoms with Crippen LogP contribution in [0.25, 0.3) is 22.2 Å². The number of carbonyl (C=O) groups is 1. The van der Waals surface area contributed by atoms with Gasteiger partial charge >= 0.3 is 0 Å². The van der Waals surface area contributed by atoms with Crippen LogP contribution in [-0.2, 0) is 4.74 Å². The van der Waals surface area contributed by atoms with E-state index in [2.05, 4.69) is 10.3 Å². The van der Waals surface area contributed by atoms with Crippen LogP contribution in [0.5, 0.6) is 0 Å². The van der Waals surface area contributed by atoms with Gasteiger partial charge in [0.15, 0.2) is 0 Å². The summed E-state index contributed by atoms with van der Waals surface area (Å²) in [5.74, 6) is -0.0484. The minimum atomic E-state index is -0.560. The highest BCUT2D eigenvalue weighted by Gasteiger charge is 2.41. The number of fused-ring (bicyclic) bond motifs is 1. The quantitative estimate of drug-likeness (QED) is 0.644. The van der Waals surface area contributed by atoms with Crippen LogP contribution >= 0.6 is 0 Å². The van der Waals surface area contributed by atoms with Crippen molar-refractivity contribution in [1.29, 1.82) is 0 Å². The number of nitrogens with one attached hydrogen (secondary N) is 1. The first-order chi connectivity index (χ1) is 14.6. The summed E-state index contributed by atoms with van der Waals surface area (Å²) in [5, 5.41) is 14.0. The molecule has 0 bridgehead atoms. The molecule has 0 radical (unpaired) electrons. The first kappa shape index (κ1) is 19.3. The number of hydrogen-bond donors (Lipinski definition) is 2. The molecule has 2 fully saturated rings. The van der Waals surface area contributed by atoms with Gasteiger partial charge in [-0.2, -0.15) is 0 Å². The molecular formula is C24H26N2O4. The summed E-state index contributed by atoms with van der Waals surface area (Å²) in [6.45, 7) is 0.447. The van der Waals surface area contributed by atoms with E-state index in [1.165, 1.54) is 0 Å². The van der Waals surface area contributed by atoms with Crippen molar-refractivity contribution in [2.75, 3.05) is 6.61 Å². The zero-order valence-corrected chi connectivity index (χ0v) is 16.8. The summed E-state index contributed by atoms with van der Waals surface area (Å²) in [5.41, 5.74) is 2.69. The van der Waals surface area contributed by atoms with Crippen LogP contribution in [0.2, 0.25) is 0 Å². The largest absolute Gasteiger partial charge is 0.464 e. The Labute approximate surface area is 175 Å². The second-order valence-corrected chi connectivity index (χ2v) is 8.55. The van der Waals surface area contributed by atoms with Crippen molar-refractivity contribution in [3.63, 3.8) is 0 Å². The highest BCUT2D eigenvalue weighted by atomic mass is 16.5. The van der Waals surface area contributed by atoms with Crippen molar-refractivity contribution < 1.29 is 19.1 Å². The first-order valence-corrected chi connectivity index (χ1v) is 10.7. The van der Waals surface area contributed by atoms with Gasteiger partial charge in [-0.3, -0.25) is 9.78 Å². The Kier molecular flexibility index (Phi) is 5.05. The zero-order valence-electron chi connectivity index (χ0n) is 16.8. The number of furan rings is 1. The van der Waals surface area contributed by atoms with Gasteiger partial charge in [-0.25, -0.2) is 0 Å². The molecule has 1 aromatic carbocycles. The highest BCUT2D eigenvalue weighted by molar-refractivity contribution is 5.96. The lowest BCUT2D eigenvalue weighted by Crippen LogP contribution is -2.39. The van der Waals surface area contributed by atoms with Crippen molar-refractivity contribution in [2.24, 2.45) is 0 Å². The Morgan fingerprint density at radius 2 is 1.90 bits per heavy atom. The number of ether oxygens (including phenoxy) is 1. The average Bonchev–Trinajstić information content (AvgIpc) is 3.31. The van der Waals surface area contributed by atoms with Crippen LogP contribution in [0.15, 0.2) is 53.3 Å². The summed E-state index contributed by atoms with van der Waals surface area (Å²) in [6, 6.07) is 11.5. The molecular weight excluding hydrogens is 380 g/mol. The van der Waals surface area contributed by atoms with E-state index in [0.29, 0.717) is 12.2 Å². The predicted molar refractivity (Wildman–Crippen MR) is 113 cm³/mol. The Morgan fingerprint density at radius 1 is 1.13 bits per heavy atom. The van der Waals surface area contributed by atoms with Crippen LogP contribution in [0, 0.1) is 0 Å². The van der Waals surface area contributed by atoms with Gasteiger partial charge in [-0.05, 0) is 62.8 Å². The van der Waals surface area contributed by atoms with Crippen LogP contribution < -0.4 is 5.32 Å².